The molecule has 1 atom stereocenters. The van der Waals surface area contributed by atoms with E-state index in [0.717, 1.165) is 51.6 Å². The van der Waals surface area contributed by atoms with E-state index in [1.807, 2.05) is 6.07 Å². The third-order valence-corrected chi connectivity index (χ3v) is 4.25. The van der Waals surface area contributed by atoms with Crippen LogP contribution in [0.2, 0.25) is 0 Å². The highest BCUT2D eigenvalue weighted by atomic mass is 32.1. The molecule has 4 nitrogen and oxygen atoms in total. The predicted octanol–water partition coefficient (Wildman–Crippen LogP) is 1.07. The Kier molecular flexibility index (Phi) is 4.19. The fourth-order valence-electron chi connectivity index (χ4n) is 3.04. The standard InChI is InChI=1S/C15H21N3OS/c16-15(20)10-18-7-5-17(6-8-18)9-12-11-19-14-4-2-1-3-13(12)14/h1-4,12H,5-11H2,(H2,16,20). The number of hydrogen-bond acceptors (Lipinski definition) is 4. The molecule has 0 aromatic heterocycles. The Labute approximate surface area is 125 Å². The molecule has 2 N–H and O–H groups in total. The molecule has 5 heteroatoms. The largest absolute Gasteiger partial charge is 0.493 e. The summed E-state index contributed by atoms with van der Waals surface area (Å²) in [5, 5.41) is 0. The number of rotatable bonds is 4. The normalized spacial score (nSPS) is 23.3. The average Bonchev–Trinajstić information content (AvgIpc) is 2.84. The summed E-state index contributed by atoms with van der Waals surface area (Å²) in [6.07, 6.45) is 0. The molecule has 1 aromatic rings. The second kappa shape index (κ2) is 6.08. The first kappa shape index (κ1) is 13.8. The molecule has 0 bridgehead atoms. The maximum Gasteiger partial charge on any atom is 0.122 e. The highest BCUT2D eigenvalue weighted by molar-refractivity contribution is 7.80. The van der Waals surface area contributed by atoms with E-state index in [-0.39, 0.29) is 0 Å². The van der Waals surface area contributed by atoms with Crippen molar-refractivity contribution in [2.45, 2.75) is 5.92 Å². The molecule has 0 amide bonds. The summed E-state index contributed by atoms with van der Waals surface area (Å²) in [4.78, 5) is 5.45. The van der Waals surface area contributed by atoms with Gasteiger partial charge in [0.25, 0.3) is 0 Å². The number of hydrogen-bond donors (Lipinski definition) is 1. The number of nitrogens with zero attached hydrogens (tertiary/aromatic N) is 2. The number of nitrogens with two attached hydrogens (primary N) is 1. The van der Waals surface area contributed by atoms with E-state index < -0.39 is 0 Å². The summed E-state index contributed by atoms with van der Waals surface area (Å²) >= 11 is 4.97. The first-order chi connectivity index (χ1) is 9.72. The van der Waals surface area contributed by atoms with E-state index in [2.05, 4.69) is 28.0 Å². The fraction of sp³-hybridized carbons (Fsp3) is 0.533. The van der Waals surface area contributed by atoms with Gasteiger partial charge in [0, 0.05) is 50.7 Å². The molecule has 0 aliphatic carbocycles. The number of thiocarbonyl (C=S) groups is 1. The summed E-state index contributed by atoms with van der Waals surface area (Å²) in [5.41, 5.74) is 6.96. The Bertz CT molecular complexity index is 486. The van der Waals surface area contributed by atoms with Crippen molar-refractivity contribution in [2.24, 2.45) is 5.73 Å². The summed E-state index contributed by atoms with van der Waals surface area (Å²) in [5.74, 6) is 1.57. The fourth-order valence-corrected chi connectivity index (χ4v) is 3.23. The molecule has 2 heterocycles. The SMILES string of the molecule is NC(=S)CN1CCN(CC2COc3ccccc32)CC1. The second-order valence-electron chi connectivity index (χ2n) is 5.59. The lowest BCUT2D eigenvalue weighted by Gasteiger charge is -2.35. The van der Waals surface area contributed by atoms with Crippen LogP contribution in [-0.4, -0.2) is 60.7 Å². The van der Waals surface area contributed by atoms with E-state index in [1.165, 1.54) is 5.56 Å². The van der Waals surface area contributed by atoms with Gasteiger partial charge in [0.15, 0.2) is 0 Å². The molecule has 1 aromatic carbocycles. The molecule has 2 aliphatic rings. The Morgan fingerprint density at radius 1 is 1.20 bits per heavy atom. The van der Waals surface area contributed by atoms with Crippen molar-refractivity contribution >= 4 is 17.2 Å². The van der Waals surface area contributed by atoms with Gasteiger partial charge in [0.05, 0.1) is 11.6 Å². The highest BCUT2D eigenvalue weighted by Crippen LogP contribution is 2.33. The van der Waals surface area contributed by atoms with Crippen LogP contribution >= 0.6 is 12.2 Å². The van der Waals surface area contributed by atoms with Crippen LogP contribution in [0.4, 0.5) is 0 Å². The van der Waals surface area contributed by atoms with Crippen LogP contribution in [0.15, 0.2) is 24.3 Å². The molecule has 0 radical (unpaired) electrons. The lowest BCUT2D eigenvalue weighted by Crippen LogP contribution is -2.49. The lowest BCUT2D eigenvalue weighted by atomic mass is 10.0. The number of fused-ring (bicyclic) bond motifs is 1. The van der Waals surface area contributed by atoms with Gasteiger partial charge >= 0.3 is 0 Å². The summed E-state index contributed by atoms with van der Waals surface area (Å²) in [6.45, 7) is 6.91. The zero-order chi connectivity index (χ0) is 13.9. The Morgan fingerprint density at radius 3 is 2.65 bits per heavy atom. The van der Waals surface area contributed by atoms with Crippen molar-refractivity contribution in [3.05, 3.63) is 29.8 Å². The molecule has 108 valence electrons. The van der Waals surface area contributed by atoms with Gasteiger partial charge in [-0.25, -0.2) is 0 Å². The molecule has 1 fully saturated rings. The monoisotopic (exact) mass is 291 g/mol. The Hall–Kier alpha value is -1.17. The third kappa shape index (κ3) is 3.11. The van der Waals surface area contributed by atoms with E-state index in [9.17, 15) is 0 Å². The van der Waals surface area contributed by atoms with E-state index in [4.69, 9.17) is 22.7 Å². The van der Waals surface area contributed by atoms with Gasteiger partial charge in [0.1, 0.15) is 5.75 Å². The maximum atomic E-state index is 5.76. The quantitative estimate of drug-likeness (QED) is 0.841. The molecule has 20 heavy (non-hydrogen) atoms. The van der Waals surface area contributed by atoms with Gasteiger partial charge < -0.3 is 15.4 Å². The molecule has 1 saturated heterocycles. The van der Waals surface area contributed by atoms with Gasteiger partial charge in [-0.05, 0) is 6.07 Å². The average molecular weight is 291 g/mol. The predicted molar refractivity (Wildman–Crippen MR) is 84.3 cm³/mol. The zero-order valence-electron chi connectivity index (χ0n) is 11.6. The molecule has 0 saturated carbocycles. The van der Waals surface area contributed by atoms with Crippen LogP contribution in [0.25, 0.3) is 0 Å². The van der Waals surface area contributed by atoms with Gasteiger partial charge in [-0.1, -0.05) is 30.4 Å². The van der Waals surface area contributed by atoms with Crippen LogP contribution in [0.1, 0.15) is 11.5 Å². The topological polar surface area (TPSA) is 41.7 Å². The minimum atomic E-state index is 0.508. The first-order valence-corrected chi connectivity index (χ1v) is 7.58. The van der Waals surface area contributed by atoms with E-state index >= 15 is 0 Å². The van der Waals surface area contributed by atoms with Crippen LogP contribution in [0, 0.1) is 0 Å². The van der Waals surface area contributed by atoms with Gasteiger partial charge in [-0.3, -0.25) is 4.90 Å². The minimum Gasteiger partial charge on any atom is -0.493 e. The van der Waals surface area contributed by atoms with Crippen LogP contribution in [0.3, 0.4) is 0 Å². The summed E-state index contributed by atoms with van der Waals surface area (Å²) in [6, 6.07) is 8.39. The van der Waals surface area contributed by atoms with Gasteiger partial charge in [0.2, 0.25) is 0 Å². The van der Waals surface area contributed by atoms with Crippen molar-refractivity contribution in [3.8, 4) is 5.75 Å². The molecular formula is C15H21N3OS. The van der Waals surface area contributed by atoms with Crippen molar-refractivity contribution in [3.63, 3.8) is 0 Å². The summed E-state index contributed by atoms with van der Waals surface area (Å²) in [7, 11) is 0. The van der Waals surface area contributed by atoms with Gasteiger partial charge in [-0.15, -0.1) is 0 Å². The molecule has 0 spiro atoms. The van der Waals surface area contributed by atoms with Crippen LogP contribution < -0.4 is 10.5 Å². The van der Waals surface area contributed by atoms with Crippen molar-refractivity contribution in [1.29, 1.82) is 0 Å². The van der Waals surface area contributed by atoms with Crippen LogP contribution in [-0.2, 0) is 0 Å². The van der Waals surface area contributed by atoms with Crippen molar-refractivity contribution in [2.75, 3.05) is 45.9 Å². The number of piperazine rings is 1. The lowest BCUT2D eigenvalue weighted by molar-refractivity contribution is 0.135. The van der Waals surface area contributed by atoms with E-state index in [0.29, 0.717) is 10.9 Å². The summed E-state index contributed by atoms with van der Waals surface area (Å²) < 4.78 is 5.76. The number of ether oxygens (including phenoxy) is 1. The first-order valence-electron chi connectivity index (χ1n) is 7.17. The van der Waals surface area contributed by atoms with Crippen molar-refractivity contribution < 1.29 is 4.74 Å². The Balaban J connectivity index is 1.52. The maximum absolute atomic E-state index is 5.76. The van der Waals surface area contributed by atoms with Crippen LogP contribution in [0.5, 0.6) is 5.75 Å². The second-order valence-corrected chi connectivity index (χ2v) is 6.11. The minimum absolute atomic E-state index is 0.508. The van der Waals surface area contributed by atoms with Gasteiger partial charge in [-0.2, -0.15) is 0 Å². The Morgan fingerprint density at radius 2 is 1.90 bits per heavy atom. The third-order valence-electron chi connectivity index (χ3n) is 4.12. The molecule has 1 unspecified atom stereocenters. The van der Waals surface area contributed by atoms with Crippen molar-refractivity contribution in [1.82, 2.24) is 9.80 Å². The smallest absolute Gasteiger partial charge is 0.122 e. The number of benzene rings is 1. The molecular weight excluding hydrogens is 270 g/mol. The molecule has 2 aliphatic heterocycles. The van der Waals surface area contributed by atoms with E-state index in [1.54, 1.807) is 0 Å². The molecule has 3 rings (SSSR count). The number of para-hydroxylation sites is 1. The zero-order valence-corrected chi connectivity index (χ0v) is 12.4. The highest BCUT2D eigenvalue weighted by Gasteiger charge is 2.27.